The van der Waals surface area contributed by atoms with Crippen LogP contribution in [0.1, 0.15) is 12.8 Å². The molecule has 0 bridgehead atoms. The summed E-state index contributed by atoms with van der Waals surface area (Å²) in [5.74, 6) is 1.14. The predicted molar refractivity (Wildman–Crippen MR) is 80.4 cm³/mol. The molecule has 1 N–H and O–H groups in total. The maximum atomic E-state index is 12.1. The van der Waals surface area contributed by atoms with Gasteiger partial charge < -0.3 is 14.8 Å². The van der Waals surface area contributed by atoms with Crippen molar-refractivity contribution in [2.75, 3.05) is 23.3 Å². The van der Waals surface area contributed by atoms with Crippen LogP contribution in [0.15, 0.2) is 35.6 Å². The molecule has 0 unspecified atom stereocenters. The zero-order valence-electron chi connectivity index (χ0n) is 11.9. The third-order valence-corrected chi connectivity index (χ3v) is 3.62. The molecule has 7 nitrogen and oxygen atoms in total. The minimum atomic E-state index is -0.0610. The van der Waals surface area contributed by atoms with Gasteiger partial charge in [0.05, 0.1) is 0 Å². The lowest BCUT2D eigenvalue weighted by Gasteiger charge is -2.33. The molecule has 0 amide bonds. The Bertz CT molecular complexity index is 656. The Morgan fingerprint density at radius 1 is 1.24 bits per heavy atom. The van der Waals surface area contributed by atoms with Crippen LogP contribution in [0.3, 0.4) is 0 Å². The van der Waals surface area contributed by atoms with Crippen molar-refractivity contribution in [1.29, 1.82) is 0 Å². The van der Waals surface area contributed by atoms with E-state index in [0.29, 0.717) is 11.8 Å². The molecule has 0 radical (unpaired) electrons. The normalized spacial score (nSPS) is 18.5. The van der Waals surface area contributed by atoms with Crippen LogP contribution in [-0.4, -0.2) is 38.7 Å². The zero-order valence-corrected chi connectivity index (χ0v) is 11.9. The van der Waals surface area contributed by atoms with Gasteiger partial charge in [0.2, 0.25) is 5.95 Å². The molecule has 2 aromatic rings. The first-order valence-corrected chi connectivity index (χ1v) is 7.04. The van der Waals surface area contributed by atoms with Gasteiger partial charge in [-0.05, 0) is 18.9 Å². The Kier molecular flexibility index (Phi) is 3.81. The van der Waals surface area contributed by atoms with Crippen molar-refractivity contribution in [3.63, 3.8) is 0 Å². The van der Waals surface area contributed by atoms with Crippen molar-refractivity contribution >= 4 is 11.8 Å². The van der Waals surface area contributed by atoms with Crippen LogP contribution in [-0.2, 0) is 7.05 Å². The number of aromatic nitrogens is 4. The topological polar surface area (TPSA) is 75.9 Å². The third kappa shape index (κ3) is 3.01. The van der Waals surface area contributed by atoms with Gasteiger partial charge in [-0.2, -0.15) is 0 Å². The van der Waals surface area contributed by atoms with Crippen LogP contribution in [0.5, 0.6) is 0 Å². The molecule has 1 saturated heterocycles. The van der Waals surface area contributed by atoms with E-state index in [1.165, 1.54) is 0 Å². The fourth-order valence-electron chi connectivity index (χ4n) is 2.55. The van der Waals surface area contributed by atoms with Gasteiger partial charge in [0.1, 0.15) is 0 Å². The molecule has 1 fully saturated rings. The van der Waals surface area contributed by atoms with E-state index in [-0.39, 0.29) is 11.6 Å². The highest BCUT2D eigenvalue weighted by Crippen LogP contribution is 2.16. The van der Waals surface area contributed by atoms with Crippen molar-refractivity contribution in [1.82, 2.24) is 19.5 Å². The van der Waals surface area contributed by atoms with Crippen molar-refractivity contribution in [2.45, 2.75) is 18.9 Å². The number of anilines is 2. The molecule has 7 heteroatoms. The molecule has 2 aromatic heterocycles. The minimum Gasteiger partial charge on any atom is -0.350 e. The van der Waals surface area contributed by atoms with E-state index in [1.807, 2.05) is 4.90 Å². The quantitative estimate of drug-likeness (QED) is 0.893. The Hall–Kier alpha value is -2.44. The van der Waals surface area contributed by atoms with Gasteiger partial charge >= 0.3 is 0 Å². The summed E-state index contributed by atoms with van der Waals surface area (Å²) in [5.41, 5.74) is -0.0610. The van der Waals surface area contributed by atoms with Gasteiger partial charge in [0, 0.05) is 51.0 Å². The summed E-state index contributed by atoms with van der Waals surface area (Å²) in [6.07, 6.45) is 8.79. The van der Waals surface area contributed by atoms with E-state index in [9.17, 15) is 4.79 Å². The Morgan fingerprint density at radius 2 is 2.05 bits per heavy atom. The van der Waals surface area contributed by atoms with E-state index in [1.54, 1.807) is 42.5 Å². The number of nitrogens with zero attached hydrogens (tertiary/aromatic N) is 5. The molecule has 0 saturated carbocycles. The second kappa shape index (κ2) is 5.90. The van der Waals surface area contributed by atoms with Crippen molar-refractivity contribution < 1.29 is 0 Å². The lowest BCUT2D eigenvalue weighted by Crippen LogP contribution is -2.45. The largest absolute Gasteiger partial charge is 0.350 e. The van der Waals surface area contributed by atoms with E-state index in [0.717, 1.165) is 25.9 Å². The molecule has 0 aliphatic carbocycles. The smallest absolute Gasteiger partial charge is 0.293 e. The molecule has 0 aromatic carbocycles. The number of aryl methyl sites for hydroxylation is 1. The molecule has 1 aliphatic heterocycles. The first-order chi connectivity index (χ1) is 10.2. The first kappa shape index (κ1) is 13.5. The third-order valence-electron chi connectivity index (χ3n) is 3.62. The van der Waals surface area contributed by atoms with Crippen molar-refractivity contribution in [3.8, 4) is 0 Å². The molecule has 3 rings (SSSR count). The summed E-state index contributed by atoms with van der Waals surface area (Å²) < 4.78 is 1.56. The summed E-state index contributed by atoms with van der Waals surface area (Å²) >= 11 is 0. The van der Waals surface area contributed by atoms with Crippen molar-refractivity contribution in [2.24, 2.45) is 7.05 Å². The van der Waals surface area contributed by atoms with Crippen LogP contribution in [0, 0.1) is 0 Å². The fourth-order valence-corrected chi connectivity index (χ4v) is 2.55. The fraction of sp³-hybridized carbons (Fsp3) is 0.429. The molecule has 110 valence electrons. The summed E-state index contributed by atoms with van der Waals surface area (Å²) in [6, 6.07) is 2.00. The Labute approximate surface area is 122 Å². The molecule has 1 aliphatic rings. The average molecular weight is 286 g/mol. The van der Waals surface area contributed by atoms with E-state index < -0.39 is 0 Å². The number of nitrogens with one attached hydrogen (secondary N) is 1. The Morgan fingerprint density at radius 3 is 2.86 bits per heavy atom. The SMILES string of the molecule is Cn1ccnc(N2CCC[C@@H](Nc3ncccn3)C2)c1=O. The maximum Gasteiger partial charge on any atom is 0.293 e. The first-order valence-electron chi connectivity index (χ1n) is 7.04. The second-order valence-corrected chi connectivity index (χ2v) is 5.17. The monoisotopic (exact) mass is 286 g/mol. The summed E-state index contributed by atoms with van der Waals surface area (Å²) in [7, 11) is 1.74. The van der Waals surface area contributed by atoms with Gasteiger partial charge in [0.25, 0.3) is 5.56 Å². The lowest BCUT2D eigenvalue weighted by molar-refractivity contribution is 0.521. The molecular formula is C14H18N6O. The molecular weight excluding hydrogens is 268 g/mol. The molecule has 0 spiro atoms. The van der Waals surface area contributed by atoms with Crippen LogP contribution < -0.4 is 15.8 Å². The van der Waals surface area contributed by atoms with Crippen molar-refractivity contribution in [3.05, 3.63) is 41.2 Å². The maximum absolute atomic E-state index is 12.1. The highest BCUT2D eigenvalue weighted by Gasteiger charge is 2.23. The van der Waals surface area contributed by atoms with Gasteiger partial charge in [-0.15, -0.1) is 0 Å². The summed E-state index contributed by atoms with van der Waals surface area (Å²) in [6.45, 7) is 1.57. The highest BCUT2D eigenvalue weighted by molar-refractivity contribution is 5.38. The number of rotatable bonds is 3. The van der Waals surface area contributed by atoms with Gasteiger partial charge in [-0.1, -0.05) is 0 Å². The number of hydrogen-bond acceptors (Lipinski definition) is 6. The Balaban J connectivity index is 1.74. The van der Waals surface area contributed by atoms with E-state index in [4.69, 9.17) is 0 Å². The van der Waals surface area contributed by atoms with Crippen LogP contribution in [0.25, 0.3) is 0 Å². The molecule has 21 heavy (non-hydrogen) atoms. The highest BCUT2D eigenvalue weighted by atomic mass is 16.1. The molecule has 3 heterocycles. The number of piperidine rings is 1. The zero-order chi connectivity index (χ0) is 14.7. The van der Waals surface area contributed by atoms with Gasteiger partial charge in [-0.3, -0.25) is 4.79 Å². The average Bonchev–Trinajstić information content (AvgIpc) is 2.51. The van der Waals surface area contributed by atoms with Crippen LogP contribution in [0.4, 0.5) is 11.8 Å². The summed E-state index contributed by atoms with van der Waals surface area (Å²) in [4.78, 5) is 26.8. The van der Waals surface area contributed by atoms with Gasteiger partial charge in [0.15, 0.2) is 5.82 Å². The van der Waals surface area contributed by atoms with Gasteiger partial charge in [-0.25, -0.2) is 15.0 Å². The minimum absolute atomic E-state index is 0.0610. The van der Waals surface area contributed by atoms with Crippen LogP contribution in [0.2, 0.25) is 0 Å². The molecule has 1 atom stereocenters. The van der Waals surface area contributed by atoms with Crippen LogP contribution >= 0.6 is 0 Å². The standard InChI is InChI=1S/C14H18N6O/c1-19-9-7-15-12(13(19)21)20-8-2-4-11(10-20)18-14-16-5-3-6-17-14/h3,5-7,9,11H,2,4,8,10H2,1H3,(H,16,17,18)/t11-/m1/s1. The van der Waals surface area contributed by atoms with E-state index in [2.05, 4.69) is 20.3 Å². The second-order valence-electron chi connectivity index (χ2n) is 5.17. The lowest BCUT2D eigenvalue weighted by atomic mass is 10.1. The van der Waals surface area contributed by atoms with E-state index >= 15 is 0 Å². The predicted octanol–water partition coefficient (Wildman–Crippen LogP) is 0.651. The number of hydrogen-bond donors (Lipinski definition) is 1. The summed E-state index contributed by atoms with van der Waals surface area (Å²) in [5, 5.41) is 3.31.